The van der Waals surface area contributed by atoms with Crippen molar-refractivity contribution in [3.05, 3.63) is 102 Å². The molecule has 1 aliphatic carbocycles. The second-order valence-electron chi connectivity index (χ2n) is 16.4. The molecule has 7 nitrogen and oxygen atoms in total. The fourth-order valence-corrected chi connectivity index (χ4v) is 8.35. The van der Waals surface area contributed by atoms with Gasteiger partial charge in [-0.2, -0.15) is 5.41 Å². The number of carbonyl (C=O) groups is 2. The maximum absolute atomic E-state index is 12.4. The first-order valence-electron chi connectivity index (χ1n) is 22.5. The van der Waals surface area contributed by atoms with Crippen LogP contribution in [0, 0.1) is 23.2 Å². The number of hydrogen-bond donors (Lipinski definition) is 2. The van der Waals surface area contributed by atoms with Crippen LogP contribution in [0.15, 0.2) is 89.9 Å². The first-order chi connectivity index (χ1) is 29.0. The Bertz CT molecular complexity index is 2110. The molecule has 1 fully saturated rings. The van der Waals surface area contributed by atoms with Gasteiger partial charge in [0.05, 0.1) is 18.5 Å². The van der Waals surface area contributed by atoms with Crippen molar-refractivity contribution in [2.75, 3.05) is 6.54 Å². The summed E-state index contributed by atoms with van der Waals surface area (Å²) in [6.45, 7) is 3.61. The Balaban J connectivity index is 1.07. The molecule has 1 amide bonds. The number of carbonyl (C=O) groups excluding carboxylic acids is 2. The molecule has 2 heterocycles. The monoisotopic (exact) mass is 791 g/mol. The van der Waals surface area contributed by atoms with Crippen molar-refractivity contribution in [3.8, 4) is 34.2 Å². The lowest BCUT2D eigenvalue weighted by Crippen LogP contribution is -2.28. The van der Waals surface area contributed by atoms with E-state index in [-0.39, 0.29) is 11.8 Å². The number of Topliss-reactive ketones (excluding diaryl/α,β-unsaturated/α-hetero) is 1. The summed E-state index contributed by atoms with van der Waals surface area (Å²) in [5.41, 5.74) is 6.97. The van der Waals surface area contributed by atoms with Gasteiger partial charge in [-0.3, -0.25) is 9.59 Å². The van der Waals surface area contributed by atoms with Crippen molar-refractivity contribution in [3.63, 3.8) is 0 Å². The smallest absolute Gasteiger partial charge is 0.271 e. The quantitative estimate of drug-likeness (QED) is 0.0500. The molecule has 59 heavy (non-hydrogen) atoms. The van der Waals surface area contributed by atoms with Gasteiger partial charge in [-0.25, -0.2) is 4.58 Å². The van der Waals surface area contributed by atoms with Gasteiger partial charge in [0.25, 0.3) is 5.84 Å². The molecular formula is C52H64N5O2+. The molecule has 3 aromatic carbocycles. The summed E-state index contributed by atoms with van der Waals surface area (Å²) in [7, 11) is 0. The van der Waals surface area contributed by atoms with Crippen LogP contribution in [0.2, 0.25) is 0 Å². The normalized spacial score (nSPS) is 14.6. The zero-order chi connectivity index (χ0) is 41.1. The number of aromatic nitrogens is 1. The van der Waals surface area contributed by atoms with Crippen LogP contribution in [0.5, 0.6) is 0 Å². The number of unbranched alkanes of at least 4 members (excludes halogenated alkanes) is 12. The Kier molecular flexibility index (Phi) is 17.1. The standard InChI is InChI=1S/C52H63N5O2/c1-2-3-4-5-6-7-8-9-10-13-22-36-54-47(59)31-21-12-11-16-24-41-25-23-26-43(37-41)39-57-50(45-29-19-15-20-30-45)48(44-27-17-14-18-28-44)49-51(53)56(40-55-52(49)57)38-42-32-34-46(58)35-33-42/h14-15,17-20,23,25-30,37-38,40,42,53H,2-13,21-22,31-36,39H2,1H3/p+1. The van der Waals surface area contributed by atoms with E-state index in [1.165, 1.54) is 64.2 Å². The molecular weight excluding hydrogens is 727 g/mol. The maximum Gasteiger partial charge on any atom is 0.271 e. The van der Waals surface area contributed by atoms with Gasteiger partial charge < -0.3 is 9.88 Å². The highest BCUT2D eigenvalue weighted by molar-refractivity contribution is 6.11. The van der Waals surface area contributed by atoms with Crippen molar-refractivity contribution >= 4 is 35.9 Å². The predicted octanol–water partition coefficient (Wildman–Crippen LogP) is 12.1. The predicted molar refractivity (Wildman–Crippen MR) is 244 cm³/mol. The summed E-state index contributed by atoms with van der Waals surface area (Å²) in [6.07, 6.45) is 24.1. The molecule has 0 saturated heterocycles. The van der Waals surface area contributed by atoms with E-state index in [2.05, 4.69) is 95.5 Å². The molecule has 2 aliphatic rings. The molecule has 1 aromatic heterocycles. The maximum atomic E-state index is 12.4. The molecule has 4 aromatic rings. The van der Waals surface area contributed by atoms with Gasteiger partial charge in [0.1, 0.15) is 11.3 Å². The summed E-state index contributed by atoms with van der Waals surface area (Å²) in [5.74, 6) is 8.59. The molecule has 0 bridgehead atoms. The molecule has 0 unspecified atom stereocenters. The zero-order valence-electron chi connectivity index (χ0n) is 35.3. The van der Waals surface area contributed by atoms with Crippen LogP contribution in [0.25, 0.3) is 22.4 Å². The largest absolute Gasteiger partial charge is 0.356 e. The Morgan fingerprint density at radius 1 is 0.814 bits per heavy atom. The van der Waals surface area contributed by atoms with Crippen LogP contribution in [-0.2, 0) is 16.1 Å². The van der Waals surface area contributed by atoms with Crippen LogP contribution in [-0.4, -0.2) is 45.8 Å². The highest BCUT2D eigenvalue weighted by Crippen LogP contribution is 2.44. The van der Waals surface area contributed by atoms with Gasteiger partial charge >= 0.3 is 0 Å². The van der Waals surface area contributed by atoms with E-state index < -0.39 is 0 Å². The first kappa shape index (κ1) is 43.2. The highest BCUT2D eigenvalue weighted by Gasteiger charge is 2.35. The molecule has 0 atom stereocenters. The number of amidine groups is 1. The van der Waals surface area contributed by atoms with Crippen LogP contribution in [0.1, 0.15) is 146 Å². The summed E-state index contributed by atoms with van der Waals surface area (Å²) in [6, 6.07) is 29.1. The lowest BCUT2D eigenvalue weighted by molar-refractivity contribution is -0.256. The Labute approximate surface area is 353 Å². The molecule has 6 rings (SSSR count). The lowest BCUT2D eigenvalue weighted by Gasteiger charge is -2.18. The van der Waals surface area contributed by atoms with E-state index in [1.54, 1.807) is 6.34 Å². The average Bonchev–Trinajstić information content (AvgIpc) is 3.59. The molecule has 7 heteroatoms. The third kappa shape index (κ3) is 12.8. The van der Waals surface area contributed by atoms with Gasteiger partial charge in [-0.15, -0.1) is 0 Å². The number of benzene rings is 3. The number of nitrogens with one attached hydrogen (secondary N) is 2. The average molecular weight is 791 g/mol. The van der Waals surface area contributed by atoms with Crippen LogP contribution < -0.4 is 5.32 Å². The van der Waals surface area contributed by atoms with Gasteiger partial charge in [-0.05, 0) is 60.9 Å². The second-order valence-corrected chi connectivity index (χ2v) is 16.4. The van der Waals surface area contributed by atoms with Crippen LogP contribution in [0.4, 0.5) is 5.82 Å². The van der Waals surface area contributed by atoms with Crippen molar-refractivity contribution in [1.29, 1.82) is 5.41 Å². The van der Waals surface area contributed by atoms with Crippen molar-refractivity contribution in [1.82, 2.24) is 9.88 Å². The van der Waals surface area contributed by atoms with Gasteiger partial charge in [0.15, 0.2) is 0 Å². The number of amides is 1. The van der Waals surface area contributed by atoms with E-state index in [1.807, 2.05) is 28.8 Å². The molecule has 0 spiro atoms. The second kappa shape index (κ2) is 23.3. The van der Waals surface area contributed by atoms with Crippen LogP contribution >= 0.6 is 0 Å². The van der Waals surface area contributed by atoms with Gasteiger partial charge in [0, 0.05) is 49.3 Å². The minimum Gasteiger partial charge on any atom is -0.356 e. The summed E-state index contributed by atoms with van der Waals surface area (Å²) >= 11 is 0. The third-order valence-corrected chi connectivity index (χ3v) is 11.7. The van der Waals surface area contributed by atoms with Crippen molar-refractivity contribution < 1.29 is 14.2 Å². The highest BCUT2D eigenvalue weighted by atomic mass is 16.1. The van der Waals surface area contributed by atoms with Crippen molar-refractivity contribution in [2.45, 2.75) is 135 Å². The molecule has 2 N–H and O–H groups in total. The number of fused-ring (bicyclic) bond motifs is 1. The number of aliphatic imine (C=N–C) groups is 1. The van der Waals surface area contributed by atoms with E-state index in [9.17, 15) is 15.0 Å². The SMILES string of the molecule is CCCCCCCCCCCCCNC(=O)CCCCC#Cc1cccc(Cn2c3c(c(-c4ccccc4)c2-c2ccccc2)C(=N)[N+](=CC2CCC(=O)CC2)C=N3)c1. The van der Waals surface area contributed by atoms with Gasteiger partial charge in [-0.1, -0.05) is 161 Å². The number of hydrogen-bond acceptors (Lipinski definition) is 4. The number of rotatable bonds is 21. The Morgan fingerprint density at radius 2 is 1.47 bits per heavy atom. The van der Waals surface area contributed by atoms with E-state index in [0.717, 1.165) is 90.0 Å². The summed E-state index contributed by atoms with van der Waals surface area (Å²) in [4.78, 5) is 29.4. The minimum atomic E-state index is 0.155. The molecule has 0 radical (unpaired) electrons. The number of ketones is 1. The number of nitrogens with zero attached hydrogens (tertiary/aromatic N) is 3. The first-order valence-corrected chi connectivity index (χ1v) is 22.5. The Hall–Kier alpha value is -5.35. The van der Waals surface area contributed by atoms with E-state index >= 15 is 0 Å². The van der Waals surface area contributed by atoms with E-state index in [0.29, 0.717) is 37.4 Å². The fraction of sp³-hybridized carbons (Fsp3) is 0.442. The molecule has 308 valence electrons. The lowest BCUT2D eigenvalue weighted by atomic mass is 9.89. The molecule has 1 saturated carbocycles. The third-order valence-electron chi connectivity index (χ3n) is 11.7. The minimum absolute atomic E-state index is 0.155. The summed E-state index contributed by atoms with van der Waals surface area (Å²) < 4.78 is 4.11. The zero-order valence-corrected chi connectivity index (χ0v) is 35.3. The molecule has 1 aliphatic heterocycles. The fourth-order valence-electron chi connectivity index (χ4n) is 8.35. The van der Waals surface area contributed by atoms with Gasteiger partial charge in [0.2, 0.25) is 18.1 Å². The van der Waals surface area contributed by atoms with Crippen molar-refractivity contribution in [2.24, 2.45) is 10.9 Å². The van der Waals surface area contributed by atoms with Crippen LogP contribution in [0.3, 0.4) is 0 Å². The Morgan fingerprint density at radius 3 is 2.17 bits per heavy atom. The topological polar surface area (TPSA) is 90.3 Å². The van der Waals surface area contributed by atoms with E-state index in [4.69, 9.17) is 4.99 Å². The summed E-state index contributed by atoms with van der Waals surface area (Å²) in [5, 5.41) is 12.7.